The van der Waals surface area contributed by atoms with Gasteiger partial charge in [-0.1, -0.05) is 48.5 Å². The van der Waals surface area contributed by atoms with Gasteiger partial charge in [-0.05, 0) is 59.8 Å². The van der Waals surface area contributed by atoms with E-state index in [9.17, 15) is 19.2 Å². The van der Waals surface area contributed by atoms with Crippen molar-refractivity contribution >= 4 is 23.8 Å². The predicted octanol–water partition coefficient (Wildman–Crippen LogP) is 6.20. The first-order chi connectivity index (χ1) is 27.3. The van der Waals surface area contributed by atoms with Gasteiger partial charge in [-0.15, -0.1) is 0 Å². The van der Waals surface area contributed by atoms with E-state index in [-0.39, 0.29) is 42.4 Å². The number of unbranched alkanes of at least 4 members (excludes halogenated alkanes) is 1. The predicted molar refractivity (Wildman–Crippen MR) is 215 cm³/mol. The number of carbonyl (C=O) groups excluding carboxylic acids is 4. The Kier molecular flexibility index (Phi) is 22.6. The molecule has 0 spiro atoms. The van der Waals surface area contributed by atoms with Crippen LogP contribution in [-0.2, 0) is 62.0 Å². The van der Waals surface area contributed by atoms with Crippen LogP contribution in [0.25, 0.3) is 0 Å². The van der Waals surface area contributed by atoms with Crippen LogP contribution in [0.5, 0.6) is 0 Å². The topological polar surface area (TPSA) is 161 Å². The fourth-order valence-electron chi connectivity index (χ4n) is 7.63. The molecule has 0 saturated carbocycles. The molecule has 0 aromatic heterocycles. The summed E-state index contributed by atoms with van der Waals surface area (Å²) in [6.45, 7) is 28.1. The molecule has 338 valence electrons. The molecule has 16 nitrogen and oxygen atoms in total. The van der Waals surface area contributed by atoms with E-state index in [0.717, 1.165) is 12.8 Å². The average molecular weight is 832 g/mol. The summed E-state index contributed by atoms with van der Waals surface area (Å²) >= 11 is 0. The van der Waals surface area contributed by atoms with Crippen molar-refractivity contribution in [3.63, 3.8) is 0 Å². The molecule has 10 atom stereocenters. The smallest absolute Gasteiger partial charge is 0.305 e. The molecule has 0 aromatic carbocycles. The molecule has 10 unspecified atom stereocenters. The molecule has 0 bridgehead atoms. The van der Waals surface area contributed by atoms with Crippen molar-refractivity contribution in [2.45, 2.75) is 184 Å². The number of esters is 3. The summed E-state index contributed by atoms with van der Waals surface area (Å²) in [6, 6.07) is 0.329. The Morgan fingerprint density at radius 3 is 1.93 bits per heavy atom. The minimum absolute atomic E-state index is 0.0593. The van der Waals surface area contributed by atoms with Crippen molar-refractivity contribution < 1.29 is 62.0 Å². The zero-order chi connectivity index (χ0) is 43.7. The molecule has 0 radical (unpaired) electrons. The molecule has 2 rings (SSSR count). The highest BCUT2D eigenvalue weighted by atomic mass is 17.0. The highest BCUT2D eigenvalue weighted by Gasteiger charge is 2.59. The fourth-order valence-corrected chi connectivity index (χ4v) is 7.63. The number of nitrogens with zero attached hydrogens (tertiary/aromatic N) is 3. The van der Waals surface area contributed by atoms with Crippen LogP contribution < -0.4 is 0 Å². The van der Waals surface area contributed by atoms with Crippen LogP contribution in [0, 0.1) is 23.7 Å². The van der Waals surface area contributed by atoms with Crippen molar-refractivity contribution in [2.24, 2.45) is 23.7 Å². The molecular weight excluding hydrogens is 754 g/mol. The van der Waals surface area contributed by atoms with E-state index in [0.29, 0.717) is 58.6 Å². The van der Waals surface area contributed by atoms with Crippen molar-refractivity contribution in [2.75, 3.05) is 39.5 Å². The first-order valence-corrected chi connectivity index (χ1v) is 21.6. The van der Waals surface area contributed by atoms with Gasteiger partial charge in [-0.3, -0.25) is 28.9 Å². The third-order valence-corrected chi connectivity index (χ3v) is 10.9. The van der Waals surface area contributed by atoms with Crippen molar-refractivity contribution in [1.82, 2.24) is 15.2 Å². The van der Waals surface area contributed by atoms with Crippen LogP contribution in [0.2, 0.25) is 0 Å². The second-order valence-electron chi connectivity index (χ2n) is 16.3. The third-order valence-electron chi connectivity index (χ3n) is 10.9. The maximum absolute atomic E-state index is 13.3. The zero-order valence-electron chi connectivity index (χ0n) is 38.0. The van der Waals surface area contributed by atoms with Crippen LogP contribution in [0.15, 0.2) is 0 Å². The Labute approximate surface area is 348 Å². The Bertz CT molecular complexity index is 1240. The van der Waals surface area contributed by atoms with Gasteiger partial charge in [0.2, 0.25) is 11.7 Å². The van der Waals surface area contributed by atoms with Crippen molar-refractivity contribution in [3.05, 3.63) is 0 Å². The van der Waals surface area contributed by atoms with Crippen molar-refractivity contribution in [1.29, 1.82) is 0 Å². The summed E-state index contributed by atoms with van der Waals surface area (Å²) in [5.41, 5.74) is 0. The van der Waals surface area contributed by atoms with Crippen LogP contribution in [-0.4, -0.2) is 127 Å². The van der Waals surface area contributed by atoms with Crippen molar-refractivity contribution in [3.8, 4) is 0 Å². The van der Waals surface area contributed by atoms with E-state index in [1.165, 1.54) is 26.1 Å². The highest BCUT2D eigenvalue weighted by molar-refractivity contribution is 5.76. The van der Waals surface area contributed by atoms with Gasteiger partial charge in [-0.25, -0.2) is 0 Å². The summed E-state index contributed by atoms with van der Waals surface area (Å²) in [4.78, 5) is 63.6. The van der Waals surface area contributed by atoms with Gasteiger partial charge in [0.05, 0.1) is 13.2 Å². The van der Waals surface area contributed by atoms with E-state index in [1.807, 2.05) is 51.5 Å². The molecular formula is C42H77N3O13. The standard InChI is InChI=1S/C42H77N3O13/c1-15-21-43(22-25-53-45(52-23-16-2)44(27(4)5)28(6)7)38(49)20-18-19-24-50-40-31(10)32(11)42(57-35(14)48,37(17-3)56-40)58-41-30(9)29(8)39(54-34(13)47)36(55-41)26-51-33(12)46/h27-32,36-37,39-41H,15-26H2,1-14H3. The molecule has 1 amide bonds. The molecule has 2 aliphatic heterocycles. The number of ether oxygens (including phenoxy) is 7. The lowest BCUT2D eigenvalue weighted by Crippen LogP contribution is -2.65. The van der Waals surface area contributed by atoms with E-state index in [4.69, 9.17) is 42.8 Å². The lowest BCUT2D eigenvalue weighted by Gasteiger charge is -2.54. The summed E-state index contributed by atoms with van der Waals surface area (Å²) in [5.74, 6) is -4.29. The minimum atomic E-state index is -1.54. The largest absolute Gasteiger partial charge is 0.463 e. The van der Waals surface area contributed by atoms with Gasteiger partial charge in [-0.2, -0.15) is 5.01 Å². The Hall–Kier alpha value is -2.44. The fraction of sp³-hybridized carbons (Fsp3) is 0.905. The molecule has 16 heteroatoms. The Morgan fingerprint density at radius 2 is 1.38 bits per heavy atom. The van der Waals surface area contributed by atoms with Gasteiger partial charge in [0.1, 0.15) is 24.9 Å². The van der Waals surface area contributed by atoms with Gasteiger partial charge in [0.25, 0.3) is 0 Å². The molecule has 0 aromatic rings. The van der Waals surface area contributed by atoms with Gasteiger partial charge in [0.15, 0.2) is 12.6 Å². The lowest BCUT2D eigenvalue weighted by molar-refractivity contribution is -0.472. The highest BCUT2D eigenvalue weighted by Crippen LogP contribution is 2.46. The monoisotopic (exact) mass is 832 g/mol. The van der Waals surface area contributed by atoms with E-state index < -0.39 is 60.5 Å². The molecule has 0 N–H and O–H groups in total. The Balaban J connectivity index is 2.07. The van der Waals surface area contributed by atoms with Crippen LogP contribution in [0.1, 0.15) is 135 Å². The van der Waals surface area contributed by atoms with Crippen LogP contribution in [0.3, 0.4) is 0 Å². The Morgan fingerprint density at radius 1 is 0.724 bits per heavy atom. The van der Waals surface area contributed by atoms with Gasteiger partial charge < -0.3 is 38.1 Å². The van der Waals surface area contributed by atoms with Crippen LogP contribution in [0.4, 0.5) is 0 Å². The van der Waals surface area contributed by atoms with E-state index in [2.05, 4.69) is 34.6 Å². The number of hydrogen-bond donors (Lipinski definition) is 0. The molecule has 58 heavy (non-hydrogen) atoms. The number of carbonyl (C=O) groups is 4. The van der Waals surface area contributed by atoms with E-state index >= 15 is 0 Å². The molecule has 0 aliphatic carbocycles. The first-order valence-electron chi connectivity index (χ1n) is 21.6. The summed E-state index contributed by atoms with van der Waals surface area (Å²) < 4.78 is 42.9. The molecule has 2 heterocycles. The molecule has 2 fully saturated rings. The molecule has 2 aliphatic rings. The lowest BCUT2D eigenvalue weighted by atomic mass is 9.79. The number of hydrogen-bond acceptors (Lipinski definition) is 15. The number of amides is 1. The maximum Gasteiger partial charge on any atom is 0.305 e. The first kappa shape index (κ1) is 51.7. The normalized spacial score (nSPS) is 28.9. The summed E-state index contributed by atoms with van der Waals surface area (Å²) in [7, 11) is 0. The number of rotatable bonds is 25. The molecule has 2 saturated heterocycles. The summed E-state index contributed by atoms with van der Waals surface area (Å²) in [5, 5.41) is 3.52. The summed E-state index contributed by atoms with van der Waals surface area (Å²) in [6.07, 6.45) is -0.0406. The van der Waals surface area contributed by atoms with E-state index in [1.54, 1.807) is 0 Å². The van der Waals surface area contributed by atoms with Gasteiger partial charge in [0, 0.05) is 88.0 Å². The quantitative estimate of drug-likeness (QED) is 0.0336. The minimum Gasteiger partial charge on any atom is -0.463 e. The maximum atomic E-state index is 13.3. The third kappa shape index (κ3) is 14.9. The zero-order valence-corrected chi connectivity index (χ0v) is 38.0. The number of hydrazine groups is 1. The van der Waals surface area contributed by atoms with Gasteiger partial charge >= 0.3 is 17.9 Å². The second-order valence-corrected chi connectivity index (χ2v) is 16.3. The second kappa shape index (κ2) is 25.4. The average Bonchev–Trinajstić information content (AvgIpc) is 3.14. The SMILES string of the molecule is CCCON(OCCN(CCC)C(=O)CCCCOC1OC(CC)C(OC(C)=O)(OC2OC(COC(C)=O)C(OC(C)=O)C(C)C2C)C(C)C1C)N(C(C)C)C(C)C. The van der Waals surface area contributed by atoms with Crippen LogP contribution >= 0.6 is 0 Å².